The quantitative estimate of drug-likeness (QED) is 0.0531. The largest absolute Gasteiger partial charge is 0.488 e. The number of allylic oxidation sites excluding steroid dienone is 2. The van der Waals surface area contributed by atoms with Crippen molar-refractivity contribution in [3.8, 4) is 0 Å². The second-order valence-electron chi connectivity index (χ2n) is 32.5. The predicted molar refractivity (Wildman–Crippen MR) is 408 cm³/mol. The Morgan fingerprint density at radius 1 is 0.556 bits per heavy atom. The molecule has 0 amide bonds. The van der Waals surface area contributed by atoms with Crippen molar-refractivity contribution in [1.29, 1.82) is 0 Å². The predicted octanol–water partition coefficient (Wildman–Crippen LogP) is 23.8. The molecule has 0 aromatic rings. The molecule has 0 saturated carbocycles. The zero-order valence-electron chi connectivity index (χ0n) is 60.7. The van der Waals surface area contributed by atoms with E-state index in [2.05, 4.69) is 193 Å². The molecule has 0 radical (unpaired) electrons. The third kappa shape index (κ3) is 36.6. The van der Waals surface area contributed by atoms with E-state index in [1.807, 2.05) is 6.08 Å². The van der Waals surface area contributed by atoms with E-state index in [4.69, 9.17) is 32.9 Å². The van der Waals surface area contributed by atoms with Crippen molar-refractivity contribution in [3.63, 3.8) is 0 Å². The molecule has 9 nitrogen and oxygen atoms in total. The zero-order valence-corrected chi connectivity index (χ0v) is 68.0. The highest BCUT2D eigenvalue weighted by molar-refractivity contribution is 8.96. The number of ether oxygens (including phenoxy) is 6. The summed E-state index contributed by atoms with van der Waals surface area (Å²) in [5, 5.41) is 0. The van der Waals surface area contributed by atoms with E-state index >= 15 is 0 Å². The molecule has 6 rings (SSSR count). The molecule has 16 atom stereocenters. The summed E-state index contributed by atoms with van der Waals surface area (Å²) in [6.07, 6.45) is 29.0. The van der Waals surface area contributed by atoms with Gasteiger partial charge in [0.15, 0.2) is 5.78 Å². The summed E-state index contributed by atoms with van der Waals surface area (Å²) in [6.45, 7) is 65.8. The van der Waals surface area contributed by atoms with Crippen molar-refractivity contribution in [1.82, 2.24) is 0 Å². The number of ketones is 2. The molecule has 6 saturated heterocycles. The lowest BCUT2D eigenvalue weighted by molar-refractivity contribution is -0.117. The van der Waals surface area contributed by atoms with Gasteiger partial charge in [-0.1, -0.05) is 176 Å². The van der Waals surface area contributed by atoms with Gasteiger partial charge in [0.05, 0.1) is 80.4 Å². The maximum absolute atomic E-state index is 10.9. The van der Waals surface area contributed by atoms with Gasteiger partial charge in [-0.05, 0) is 198 Å². The molecule has 10 unspecified atom stereocenters. The van der Waals surface area contributed by atoms with Crippen LogP contribution in [0, 0.1) is 27.1 Å². The van der Waals surface area contributed by atoms with Crippen molar-refractivity contribution < 1.29 is 42.5 Å². The maximum atomic E-state index is 10.9. The van der Waals surface area contributed by atoms with Gasteiger partial charge in [0.2, 0.25) is 0 Å². The molecule has 6 heterocycles. The topological polar surface area (TPSA) is 98.8 Å². The molecule has 90 heavy (non-hydrogen) atoms. The third-order valence-corrected chi connectivity index (χ3v) is 39.5. The van der Waals surface area contributed by atoms with E-state index in [1.165, 1.54) is 48.8 Å². The summed E-state index contributed by atoms with van der Waals surface area (Å²) in [5.74, 6) is 1.20. The van der Waals surface area contributed by atoms with Crippen LogP contribution < -0.4 is 0 Å². The minimum absolute atomic E-state index is 0.0383. The van der Waals surface area contributed by atoms with Crippen molar-refractivity contribution in [3.05, 3.63) is 85.3 Å². The summed E-state index contributed by atoms with van der Waals surface area (Å²) in [6, 6.07) is 0. The lowest BCUT2D eigenvalue weighted by Gasteiger charge is -2.31. The molecule has 6 aliphatic heterocycles. The molecular weight excluding hydrogens is 1250 g/mol. The Bertz CT molecular complexity index is 2270. The first-order valence-corrected chi connectivity index (χ1v) is 46.0. The second kappa shape index (κ2) is 40.9. The molecule has 0 aromatic carbocycles. The minimum atomic E-state index is -0.423. The normalized spacial score (nSPS) is 26.8. The van der Waals surface area contributed by atoms with Gasteiger partial charge in [0, 0.05) is 19.3 Å². The monoisotopic (exact) mass is 1380 g/mol. The molecule has 16 heteroatoms. The number of Topliss-reactive ketones (excluding diaryl/α,β-unsaturated/α-hetero) is 1. The fraction of sp³-hybridized carbons (Fsp3) is 0.784. The van der Waals surface area contributed by atoms with E-state index in [1.54, 1.807) is 19.9 Å². The minimum Gasteiger partial charge on any atom is -0.488 e. The van der Waals surface area contributed by atoms with Crippen LogP contribution in [0.3, 0.4) is 0 Å². The Morgan fingerprint density at radius 3 is 1.38 bits per heavy atom. The third-order valence-electron chi connectivity index (χ3n) is 17.0. The van der Waals surface area contributed by atoms with Crippen molar-refractivity contribution >= 4 is 68.8 Å². The van der Waals surface area contributed by atoms with E-state index in [-0.39, 0.29) is 86.6 Å². The van der Waals surface area contributed by atoms with Gasteiger partial charge in [0.25, 0.3) is 0 Å². The van der Waals surface area contributed by atoms with Crippen molar-refractivity contribution in [2.75, 3.05) is 0 Å². The van der Waals surface area contributed by atoms with Crippen LogP contribution in [-0.2, 0) is 42.5 Å². The standard InChI is InChI=1S/C15H24O2.C15H26O2.C15H24O2.C15H28O.C14H33O2P7/c1-10-6-7-13-14(16-10)11(2)12(17-13)8-9-15(3,4)5;2*1-11-10-13(7-6-12(2)16)17-14(11)8-9-15(3,4)5;1-6-7-8-13-11-12(2)14(16-13)9-10-15(3,4)5;1-6-11(16-21(22(17)18)23(19)20)13-9-10(2)12(15-13)7-8-14(3,4)5/h12-14H,1-2,6-9H2,3-5H3;13-14H,1,6-10H2,2-5H3;6-7,13-14H,1,8-10H2,2-5H3;13-14H,2,6-11H2,1,3-5H3;11-13H,2,6-9,17-20H2,1,3-5H3/t12-,13?,14-;3*13-,14?;11?,12?,13-/m00001/s1. The van der Waals surface area contributed by atoms with Gasteiger partial charge in [-0.15, -0.1) is 35.7 Å². The van der Waals surface area contributed by atoms with Crippen LogP contribution in [0.25, 0.3) is 0 Å². The average Bonchev–Trinajstić information content (AvgIpc) is 1.77. The van der Waals surface area contributed by atoms with Crippen LogP contribution in [0.5, 0.6) is 0 Å². The molecule has 0 aromatic heterocycles. The Morgan fingerprint density at radius 2 is 0.967 bits per heavy atom. The lowest BCUT2D eigenvalue weighted by atomic mass is 9.87. The number of unbranched alkanes of at least 4 members (excludes halogenated alkanes) is 1. The summed E-state index contributed by atoms with van der Waals surface area (Å²) in [4.78, 5) is 21.8. The summed E-state index contributed by atoms with van der Waals surface area (Å²) in [7, 11) is 11.3. The van der Waals surface area contributed by atoms with Gasteiger partial charge in [-0.2, -0.15) is 0 Å². The summed E-state index contributed by atoms with van der Waals surface area (Å²) in [5.41, 5.74) is 7.84. The van der Waals surface area contributed by atoms with E-state index < -0.39 is 7.53 Å². The molecule has 0 aliphatic carbocycles. The van der Waals surface area contributed by atoms with Crippen LogP contribution >= 0.6 is 57.2 Å². The second-order valence-corrected chi connectivity index (χ2v) is 56.1. The highest BCUT2D eigenvalue weighted by atomic mass is 33.0. The van der Waals surface area contributed by atoms with Crippen LogP contribution in [-0.4, -0.2) is 84.8 Å². The van der Waals surface area contributed by atoms with Gasteiger partial charge in [-0.25, -0.2) is 0 Å². The Kier molecular flexibility index (Phi) is 39.1. The van der Waals surface area contributed by atoms with Gasteiger partial charge < -0.3 is 37.7 Å². The highest BCUT2D eigenvalue weighted by Crippen LogP contribution is 2.98. The Hall–Kier alpha value is 0.0900. The first-order chi connectivity index (χ1) is 41.4. The fourth-order valence-electron chi connectivity index (χ4n) is 11.4. The average molecular weight is 1390 g/mol. The molecule has 6 fully saturated rings. The molecule has 0 bridgehead atoms. The van der Waals surface area contributed by atoms with Gasteiger partial charge >= 0.3 is 0 Å². The number of carbonyl (C=O) groups is 2. The number of fused-ring (bicyclic) bond motifs is 1. The van der Waals surface area contributed by atoms with Crippen LogP contribution in [0.1, 0.15) is 273 Å². The Labute approximate surface area is 566 Å². The summed E-state index contributed by atoms with van der Waals surface area (Å²) >= 11 is 0. The van der Waals surface area contributed by atoms with Crippen molar-refractivity contribution in [2.45, 2.75) is 346 Å². The van der Waals surface area contributed by atoms with Gasteiger partial charge in [-0.3, -0.25) is 4.79 Å². The van der Waals surface area contributed by atoms with Crippen LogP contribution in [0.4, 0.5) is 0 Å². The number of carbonyl (C=O) groups excluding carboxylic acids is 2. The number of hydrogen-bond acceptors (Lipinski definition) is 9. The molecular formula is C74H135O9P7. The first kappa shape index (κ1) is 86.2. The zero-order chi connectivity index (χ0) is 68.7. The highest BCUT2D eigenvalue weighted by Gasteiger charge is 2.43. The molecule has 0 spiro atoms. The number of hydrogen-bond donors (Lipinski definition) is 0. The van der Waals surface area contributed by atoms with E-state index in [9.17, 15) is 9.59 Å². The Balaban J connectivity index is 0.000000386. The smallest absolute Gasteiger partial charge is 0.152 e. The first-order valence-electron chi connectivity index (χ1n) is 34.1. The van der Waals surface area contributed by atoms with E-state index in [0.717, 1.165) is 120 Å². The number of rotatable bonds is 24. The van der Waals surface area contributed by atoms with Crippen LogP contribution in [0.2, 0.25) is 0 Å². The SMILES string of the molecule is C=C1CCC2O[C@@H](CCC(C)(C)C)C(=C)[C@@H]2O1.C=C1C[C@H](C(CC)OP(P(P)P)P(P)P)OC1CCC(C)(C)C.C=C1C[C@H](C=CC(C)=O)OC1CCC(C)(C)C.C=C1C[C@H](CCC(C)=O)OC1CCC(C)(C)C.C=C1C[C@H](CCCC)OC1CCC(C)(C)C. The maximum Gasteiger partial charge on any atom is 0.152 e. The lowest BCUT2D eigenvalue weighted by Crippen LogP contribution is -2.29. The van der Waals surface area contributed by atoms with E-state index in [0.29, 0.717) is 45.7 Å². The summed E-state index contributed by atoms with van der Waals surface area (Å²) < 4.78 is 42.6. The van der Waals surface area contributed by atoms with Crippen LogP contribution in [0.15, 0.2) is 85.3 Å². The fourth-order valence-corrected chi connectivity index (χ4v) is 44.4. The molecule has 6 aliphatic rings. The molecule has 520 valence electrons. The molecule has 0 N–H and O–H groups in total. The van der Waals surface area contributed by atoms with Crippen molar-refractivity contribution in [2.24, 2.45) is 27.1 Å². The van der Waals surface area contributed by atoms with Gasteiger partial charge in [0.1, 0.15) is 11.9 Å².